The van der Waals surface area contributed by atoms with Gasteiger partial charge in [-0.25, -0.2) is 0 Å². The maximum Gasteiger partial charge on any atom is 0.120 e. The van der Waals surface area contributed by atoms with Gasteiger partial charge in [0.25, 0.3) is 0 Å². The molecule has 3 nitrogen and oxygen atoms in total. The number of hydrogen-bond acceptors (Lipinski definition) is 3. The van der Waals surface area contributed by atoms with Crippen LogP contribution in [0.4, 0.5) is 0 Å². The highest BCUT2D eigenvalue weighted by molar-refractivity contribution is 7.11. The summed E-state index contributed by atoms with van der Waals surface area (Å²) in [6.07, 6.45) is 3.06. The van der Waals surface area contributed by atoms with Crippen molar-refractivity contribution in [1.29, 1.82) is 5.26 Å². The number of nitrogens with one attached hydrogen (secondary N) is 1. The summed E-state index contributed by atoms with van der Waals surface area (Å²) in [4.78, 5) is 2.78. The first kappa shape index (κ1) is 13.9. The normalized spacial score (nSPS) is 12.3. The van der Waals surface area contributed by atoms with Crippen LogP contribution in [-0.4, -0.2) is 10.6 Å². The van der Waals surface area contributed by atoms with E-state index in [0.29, 0.717) is 11.7 Å². The van der Waals surface area contributed by atoms with E-state index >= 15 is 0 Å². The minimum absolute atomic E-state index is 0.434. The molecule has 0 fully saturated rings. The van der Waals surface area contributed by atoms with E-state index in [9.17, 15) is 0 Å². The number of hydrogen-bond donors (Lipinski definition) is 1. The Morgan fingerprint density at radius 1 is 1.47 bits per heavy atom. The lowest BCUT2D eigenvalue weighted by atomic mass is 10.2. The zero-order chi connectivity index (χ0) is 13.8. The Hall–Kier alpha value is -1.57. The second-order valence-electron chi connectivity index (χ2n) is 4.95. The highest BCUT2D eigenvalue weighted by Crippen LogP contribution is 2.17. The molecule has 2 rings (SSSR count). The summed E-state index contributed by atoms with van der Waals surface area (Å²) >= 11 is 1.86. The fourth-order valence-electron chi connectivity index (χ4n) is 2.10. The van der Waals surface area contributed by atoms with Crippen molar-refractivity contribution < 1.29 is 0 Å². The van der Waals surface area contributed by atoms with Crippen molar-refractivity contribution in [2.75, 3.05) is 0 Å². The first-order chi connectivity index (χ1) is 9.08. The fraction of sp³-hybridized carbons (Fsp3) is 0.400. The molecule has 0 saturated carbocycles. The molecule has 0 saturated heterocycles. The summed E-state index contributed by atoms with van der Waals surface area (Å²) in [6, 6.07) is 8.93. The molecule has 0 aliphatic carbocycles. The van der Waals surface area contributed by atoms with Gasteiger partial charge in [0.05, 0.1) is 0 Å². The third kappa shape index (κ3) is 3.69. The maximum atomic E-state index is 8.92. The van der Waals surface area contributed by atoms with Crippen molar-refractivity contribution in [3.63, 3.8) is 0 Å². The molecule has 2 aromatic heterocycles. The van der Waals surface area contributed by atoms with Gasteiger partial charge >= 0.3 is 0 Å². The lowest BCUT2D eigenvalue weighted by Gasteiger charge is -2.11. The molecule has 0 aliphatic rings. The largest absolute Gasteiger partial charge is 0.342 e. The monoisotopic (exact) mass is 273 g/mol. The van der Waals surface area contributed by atoms with E-state index in [1.165, 1.54) is 9.75 Å². The van der Waals surface area contributed by atoms with Gasteiger partial charge in [-0.15, -0.1) is 11.3 Å². The fourth-order valence-corrected chi connectivity index (χ4v) is 3.12. The molecule has 1 N–H and O–H groups in total. The number of aryl methyl sites for hydroxylation is 2. The molecule has 0 amide bonds. The van der Waals surface area contributed by atoms with Gasteiger partial charge in [-0.2, -0.15) is 5.26 Å². The Kier molecular flexibility index (Phi) is 4.41. The Labute approximate surface area is 118 Å². The molecule has 0 bridgehead atoms. The number of nitriles is 1. The predicted octanol–water partition coefficient (Wildman–Crippen LogP) is 2.99. The standard InChI is InChI=1S/C15H19N3S/c1-11(6-15-5-4-12(2)19-15)17-9-13-7-14(8-16)18(3)10-13/h4-5,7,10-11,17H,6,9H2,1-3H3. The predicted molar refractivity (Wildman–Crippen MR) is 79.2 cm³/mol. The topological polar surface area (TPSA) is 40.8 Å². The van der Waals surface area contributed by atoms with E-state index in [1.54, 1.807) is 0 Å². The van der Waals surface area contributed by atoms with Crippen LogP contribution in [0.2, 0.25) is 0 Å². The average molecular weight is 273 g/mol. The SMILES string of the molecule is Cc1ccc(CC(C)NCc2cc(C#N)n(C)c2)s1. The quantitative estimate of drug-likeness (QED) is 0.910. The van der Waals surface area contributed by atoms with Gasteiger partial charge in [-0.1, -0.05) is 0 Å². The second-order valence-corrected chi connectivity index (χ2v) is 6.33. The molecule has 4 heteroatoms. The molecular weight excluding hydrogens is 254 g/mol. The first-order valence-electron chi connectivity index (χ1n) is 6.42. The molecule has 19 heavy (non-hydrogen) atoms. The van der Waals surface area contributed by atoms with Crippen LogP contribution in [0.5, 0.6) is 0 Å². The van der Waals surface area contributed by atoms with Gasteiger partial charge in [0.15, 0.2) is 0 Å². The molecule has 2 aromatic rings. The maximum absolute atomic E-state index is 8.92. The molecule has 0 radical (unpaired) electrons. The summed E-state index contributed by atoms with van der Waals surface area (Å²) in [5.74, 6) is 0. The molecule has 2 heterocycles. The highest BCUT2D eigenvalue weighted by atomic mass is 32.1. The van der Waals surface area contributed by atoms with Crippen LogP contribution in [-0.2, 0) is 20.0 Å². The number of nitrogens with zero attached hydrogens (tertiary/aromatic N) is 2. The number of thiophene rings is 1. The summed E-state index contributed by atoms with van der Waals surface area (Å²) in [6.45, 7) is 5.14. The van der Waals surface area contributed by atoms with Gasteiger partial charge in [0.2, 0.25) is 0 Å². The van der Waals surface area contributed by atoms with Crippen LogP contribution in [0.3, 0.4) is 0 Å². The van der Waals surface area contributed by atoms with Crippen molar-refractivity contribution in [2.24, 2.45) is 7.05 Å². The van der Waals surface area contributed by atoms with Crippen molar-refractivity contribution >= 4 is 11.3 Å². The van der Waals surface area contributed by atoms with Crippen molar-refractivity contribution in [2.45, 2.75) is 32.9 Å². The van der Waals surface area contributed by atoms with Crippen LogP contribution < -0.4 is 5.32 Å². The molecule has 1 unspecified atom stereocenters. The van der Waals surface area contributed by atoms with Crippen LogP contribution >= 0.6 is 11.3 Å². The summed E-state index contributed by atoms with van der Waals surface area (Å²) in [5.41, 5.74) is 1.87. The Balaban J connectivity index is 1.86. The Bertz CT molecular complexity index is 589. The van der Waals surface area contributed by atoms with E-state index in [2.05, 4.69) is 37.4 Å². The zero-order valence-corrected chi connectivity index (χ0v) is 12.4. The smallest absolute Gasteiger partial charge is 0.120 e. The molecule has 0 aliphatic heterocycles. The second kappa shape index (κ2) is 6.05. The highest BCUT2D eigenvalue weighted by Gasteiger charge is 2.07. The summed E-state index contributed by atoms with van der Waals surface area (Å²) in [5, 5.41) is 12.4. The Morgan fingerprint density at radius 2 is 2.26 bits per heavy atom. The van der Waals surface area contributed by atoms with Gasteiger partial charge in [-0.05, 0) is 44.0 Å². The first-order valence-corrected chi connectivity index (χ1v) is 7.24. The van der Waals surface area contributed by atoms with E-state index < -0.39 is 0 Å². The third-order valence-electron chi connectivity index (χ3n) is 3.13. The zero-order valence-electron chi connectivity index (χ0n) is 11.6. The summed E-state index contributed by atoms with van der Waals surface area (Å²) in [7, 11) is 1.90. The van der Waals surface area contributed by atoms with E-state index in [0.717, 1.165) is 18.5 Å². The van der Waals surface area contributed by atoms with Gasteiger partial charge < -0.3 is 9.88 Å². The van der Waals surface area contributed by atoms with Gasteiger partial charge in [0.1, 0.15) is 11.8 Å². The Morgan fingerprint density at radius 3 is 2.84 bits per heavy atom. The van der Waals surface area contributed by atoms with Crippen LogP contribution in [0.15, 0.2) is 24.4 Å². The minimum atomic E-state index is 0.434. The number of aromatic nitrogens is 1. The lowest BCUT2D eigenvalue weighted by molar-refractivity contribution is 0.548. The molecule has 0 spiro atoms. The molecular formula is C15H19N3S. The average Bonchev–Trinajstić information content (AvgIpc) is 2.93. The van der Waals surface area contributed by atoms with Gasteiger partial charge in [-0.3, -0.25) is 0 Å². The third-order valence-corrected chi connectivity index (χ3v) is 4.16. The lowest BCUT2D eigenvalue weighted by Crippen LogP contribution is -2.27. The number of rotatable bonds is 5. The van der Waals surface area contributed by atoms with Crippen molar-refractivity contribution in [1.82, 2.24) is 9.88 Å². The molecule has 0 aromatic carbocycles. The van der Waals surface area contributed by atoms with Gasteiger partial charge in [0, 0.05) is 35.6 Å². The molecule has 1 atom stereocenters. The van der Waals surface area contributed by atoms with Crippen LogP contribution in [0.25, 0.3) is 0 Å². The van der Waals surface area contributed by atoms with E-state index in [-0.39, 0.29) is 0 Å². The summed E-state index contributed by atoms with van der Waals surface area (Å²) < 4.78 is 1.87. The van der Waals surface area contributed by atoms with Crippen LogP contribution in [0, 0.1) is 18.3 Å². The minimum Gasteiger partial charge on any atom is -0.342 e. The van der Waals surface area contributed by atoms with E-state index in [1.807, 2.05) is 35.2 Å². The van der Waals surface area contributed by atoms with Crippen LogP contribution in [0.1, 0.15) is 27.9 Å². The van der Waals surface area contributed by atoms with Crippen molar-refractivity contribution in [3.8, 4) is 6.07 Å². The molecule has 100 valence electrons. The van der Waals surface area contributed by atoms with Crippen molar-refractivity contribution in [3.05, 3.63) is 45.4 Å². The van der Waals surface area contributed by atoms with E-state index in [4.69, 9.17) is 5.26 Å².